The first kappa shape index (κ1) is 29.1. The zero-order valence-electron chi connectivity index (χ0n) is 22.2. The molecule has 36 heavy (non-hydrogen) atoms. The first-order valence-electron chi connectivity index (χ1n) is 12.3. The molecule has 0 bridgehead atoms. The lowest BCUT2D eigenvalue weighted by Gasteiger charge is -2.34. The summed E-state index contributed by atoms with van der Waals surface area (Å²) in [7, 11) is 0. The van der Waals surface area contributed by atoms with E-state index in [0.717, 1.165) is 11.1 Å². The van der Waals surface area contributed by atoms with Crippen molar-refractivity contribution in [2.75, 3.05) is 0 Å². The summed E-state index contributed by atoms with van der Waals surface area (Å²) in [6, 6.07) is 16.3. The van der Waals surface area contributed by atoms with Crippen molar-refractivity contribution in [3.63, 3.8) is 0 Å². The molecule has 0 fully saturated rings. The molecule has 0 radical (unpaired) electrons. The number of amides is 4. The van der Waals surface area contributed by atoms with Gasteiger partial charge < -0.3 is 31.5 Å². The maximum atomic E-state index is 12.7. The topological polar surface area (TPSA) is 123 Å². The van der Waals surface area contributed by atoms with Gasteiger partial charge in [0.15, 0.2) is 0 Å². The molecule has 2 aromatic carbocycles. The Kier molecular flexibility index (Phi) is 10.3. The summed E-state index contributed by atoms with van der Waals surface area (Å²) in [4.78, 5) is 25.4. The molecule has 0 aliphatic carbocycles. The Balaban J connectivity index is 2.29. The summed E-state index contributed by atoms with van der Waals surface area (Å²) in [5.74, 6) is 0. The number of aliphatic hydroxyl groups excluding tert-OH is 2. The molecular weight excluding hydrogens is 456 g/mol. The predicted molar refractivity (Wildman–Crippen MR) is 143 cm³/mol. The molecule has 0 aliphatic rings. The molecule has 8 nitrogen and oxygen atoms in total. The summed E-state index contributed by atoms with van der Waals surface area (Å²) in [6.07, 6.45) is -2.13. The van der Waals surface area contributed by atoms with Gasteiger partial charge in [0.2, 0.25) is 0 Å². The van der Waals surface area contributed by atoms with E-state index in [1.807, 2.05) is 102 Å². The maximum absolute atomic E-state index is 12.7. The van der Waals surface area contributed by atoms with Crippen molar-refractivity contribution in [2.45, 2.75) is 89.8 Å². The fraction of sp³-hybridized carbons (Fsp3) is 0.500. The third-order valence-electron chi connectivity index (χ3n) is 5.38. The molecule has 4 amide bonds. The monoisotopic (exact) mass is 498 g/mol. The molecule has 0 unspecified atom stereocenters. The summed E-state index contributed by atoms with van der Waals surface area (Å²) < 4.78 is 0. The van der Waals surface area contributed by atoms with Crippen LogP contribution in [-0.4, -0.2) is 57.6 Å². The normalized spacial score (nSPS) is 15.2. The van der Waals surface area contributed by atoms with Crippen LogP contribution in [0.15, 0.2) is 60.7 Å². The van der Waals surface area contributed by atoms with Crippen LogP contribution in [0, 0.1) is 0 Å². The predicted octanol–water partition coefficient (Wildman–Crippen LogP) is 3.13. The highest BCUT2D eigenvalue weighted by atomic mass is 16.3. The Hall–Kier alpha value is -3.10. The summed E-state index contributed by atoms with van der Waals surface area (Å²) >= 11 is 0. The number of nitrogens with one attached hydrogen (secondary N) is 4. The second-order valence-electron chi connectivity index (χ2n) is 11.3. The number of aliphatic hydroxyl groups is 2. The average molecular weight is 499 g/mol. The SMILES string of the molecule is CC(C)(C)NC(=O)N[C@@H](Cc1ccccc1)[C@H](O)[C@H](O)[C@H](Cc1ccccc1)NC(=O)NC(C)(C)C. The molecule has 0 saturated carbocycles. The van der Waals surface area contributed by atoms with Crippen molar-refractivity contribution in [3.8, 4) is 0 Å². The second kappa shape index (κ2) is 12.7. The van der Waals surface area contributed by atoms with Crippen LogP contribution < -0.4 is 21.3 Å². The molecular formula is C28H42N4O4. The average Bonchev–Trinajstić information content (AvgIpc) is 2.76. The minimum atomic E-state index is -1.36. The van der Waals surface area contributed by atoms with Gasteiger partial charge in [0.1, 0.15) is 12.2 Å². The van der Waals surface area contributed by atoms with E-state index >= 15 is 0 Å². The fourth-order valence-electron chi connectivity index (χ4n) is 3.82. The van der Waals surface area contributed by atoms with Crippen LogP contribution in [0.25, 0.3) is 0 Å². The smallest absolute Gasteiger partial charge is 0.315 e. The minimum absolute atomic E-state index is 0.295. The molecule has 2 aromatic rings. The zero-order valence-corrected chi connectivity index (χ0v) is 22.2. The molecule has 0 saturated heterocycles. The quantitative estimate of drug-likeness (QED) is 0.318. The molecule has 0 aromatic heterocycles. The number of benzene rings is 2. The number of urea groups is 2. The Labute approximate surface area is 214 Å². The van der Waals surface area contributed by atoms with Crippen LogP contribution in [0.2, 0.25) is 0 Å². The Morgan fingerprint density at radius 1 is 0.639 bits per heavy atom. The molecule has 8 heteroatoms. The van der Waals surface area contributed by atoms with Crippen LogP contribution in [0.4, 0.5) is 9.59 Å². The van der Waals surface area contributed by atoms with Gasteiger partial charge in [0.25, 0.3) is 0 Å². The zero-order chi connectivity index (χ0) is 26.9. The summed E-state index contributed by atoms with van der Waals surface area (Å²) in [5, 5.41) is 33.9. The second-order valence-corrected chi connectivity index (χ2v) is 11.3. The molecule has 2 rings (SSSR count). The van der Waals surface area contributed by atoms with Crippen LogP contribution in [-0.2, 0) is 12.8 Å². The van der Waals surface area contributed by atoms with E-state index in [1.165, 1.54) is 0 Å². The lowest BCUT2D eigenvalue weighted by Crippen LogP contribution is -2.61. The van der Waals surface area contributed by atoms with E-state index in [4.69, 9.17) is 0 Å². The van der Waals surface area contributed by atoms with E-state index in [0.29, 0.717) is 12.8 Å². The lowest BCUT2D eigenvalue weighted by atomic mass is 9.91. The minimum Gasteiger partial charge on any atom is -0.388 e. The van der Waals surface area contributed by atoms with Gasteiger partial charge in [-0.1, -0.05) is 60.7 Å². The van der Waals surface area contributed by atoms with Gasteiger partial charge in [-0.3, -0.25) is 0 Å². The fourth-order valence-corrected chi connectivity index (χ4v) is 3.82. The van der Waals surface area contributed by atoms with E-state index in [-0.39, 0.29) is 0 Å². The number of rotatable bonds is 9. The Bertz CT molecular complexity index is 876. The molecule has 0 spiro atoms. The van der Waals surface area contributed by atoms with Crippen molar-refractivity contribution in [3.05, 3.63) is 71.8 Å². The van der Waals surface area contributed by atoms with Crippen molar-refractivity contribution in [1.29, 1.82) is 0 Å². The summed E-state index contributed by atoms with van der Waals surface area (Å²) in [6.45, 7) is 11.2. The van der Waals surface area contributed by atoms with Crippen molar-refractivity contribution < 1.29 is 19.8 Å². The van der Waals surface area contributed by atoms with Gasteiger partial charge >= 0.3 is 12.1 Å². The first-order valence-corrected chi connectivity index (χ1v) is 12.3. The van der Waals surface area contributed by atoms with Gasteiger partial charge in [0.05, 0.1) is 12.1 Å². The highest BCUT2D eigenvalue weighted by Gasteiger charge is 2.35. The van der Waals surface area contributed by atoms with Crippen molar-refractivity contribution >= 4 is 12.1 Å². The number of carbonyl (C=O) groups excluding carboxylic acids is 2. The highest BCUT2D eigenvalue weighted by molar-refractivity contribution is 5.75. The van der Waals surface area contributed by atoms with Crippen molar-refractivity contribution in [2.24, 2.45) is 0 Å². The third-order valence-corrected chi connectivity index (χ3v) is 5.38. The Morgan fingerprint density at radius 2 is 0.944 bits per heavy atom. The number of hydrogen-bond donors (Lipinski definition) is 6. The Morgan fingerprint density at radius 3 is 1.22 bits per heavy atom. The van der Waals surface area contributed by atoms with Gasteiger partial charge in [-0.25, -0.2) is 9.59 Å². The van der Waals surface area contributed by atoms with Crippen molar-refractivity contribution in [1.82, 2.24) is 21.3 Å². The van der Waals surface area contributed by atoms with Crippen LogP contribution in [0.5, 0.6) is 0 Å². The molecule has 0 aliphatic heterocycles. The first-order chi connectivity index (χ1) is 16.7. The summed E-state index contributed by atoms with van der Waals surface area (Å²) in [5.41, 5.74) is 0.826. The standard InChI is InChI=1S/C28H42N4O4/c1-27(2,3)31-25(35)29-21(17-19-13-9-7-10-14-19)23(33)24(34)22(18-20-15-11-8-12-16-20)30-26(36)32-28(4,5)6/h7-16,21-24,33-34H,17-18H2,1-6H3,(H2,29,31,35)(H2,30,32,36)/t21-,22-,23-,24+/m0/s1. The van der Waals surface area contributed by atoms with Crippen LogP contribution >= 0.6 is 0 Å². The van der Waals surface area contributed by atoms with Gasteiger partial charge in [-0.05, 0) is 65.5 Å². The van der Waals surface area contributed by atoms with Crippen LogP contribution in [0.1, 0.15) is 52.7 Å². The molecule has 198 valence electrons. The lowest BCUT2D eigenvalue weighted by molar-refractivity contribution is -0.0199. The van der Waals surface area contributed by atoms with E-state index < -0.39 is 47.4 Å². The molecule has 6 N–H and O–H groups in total. The maximum Gasteiger partial charge on any atom is 0.315 e. The molecule has 0 heterocycles. The number of carbonyl (C=O) groups is 2. The molecule has 4 atom stereocenters. The largest absolute Gasteiger partial charge is 0.388 e. The van der Waals surface area contributed by atoms with E-state index in [2.05, 4.69) is 21.3 Å². The van der Waals surface area contributed by atoms with Gasteiger partial charge in [-0.15, -0.1) is 0 Å². The van der Waals surface area contributed by atoms with Gasteiger partial charge in [-0.2, -0.15) is 0 Å². The van der Waals surface area contributed by atoms with E-state index in [9.17, 15) is 19.8 Å². The number of hydrogen-bond acceptors (Lipinski definition) is 4. The van der Waals surface area contributed by atoms with E-state index in [1.54, 1.807) is 0 Å². The third kappa shape index (κ3) is 10.7. The highest BCUT2D eigenvalue weighted by Crippen LogP contribution is 2.15. The van der Waals surface area contributed by atoms with Gasteiger partial charge in [0, 0.05) is 11.1 Å². The van der Waals surface area contributed by atoms with Crippen LogP contribution in [0.3, 0.4) is 0 Å².